The molecule has 0 bridgehead atoms. The molecule has 0 saturated carbocycles. The Morgan fingerprint density at radius 2 is 2.00 bits per heavy atom. The first-order valence-corrected chi connectivity index (χ1v) is 7.15. The highest BCUT2D eigenvalue weighted by Gasteiger charge is 2.13. The molecule has 1 aromatic carbocycles. The summed E-state index contributed by atoms with van der Waals surface area (Å²) in [5.41, 5.74) is 6.49. The Balaban J connectivity index is 2.22. The summed E-state index contributed by atoms with van der Waals surface area (Å²) in [6.45, 7) is 0. The second-order valence-electron chi connectivity index (χ2n) is 3.85. The van der Waals surface area contributed by atoms with Crippen LogP contribution < -0.4 is 11.1 Å². The lowest BCUT2D eigenvalue weighted by Gasteiger charge is -2.09. The Morgan fingerprint density at radius 3 is 2.63 bits per heavy atom. The van der Waals surface area contributed by atoms with Gasteiger partial charge in [0.1, 0.15) is 4.88 Å². The summed E-state index contributed by atoms with van der Waals surface area (Å²) in [5, 5.41) is 4.62. The van der Waals surface area contributed by atoms with Crippen LogP contribution in [0.4, 0.5) is 5.69 Å². The zero-order valence-electron chi connectivity index (χ0n) is 9.85. The van der Waals surface area contributed by atoms with Crippen LogP contribution in [0, 0.1) is 0 Å². The van der Waals surface area contributed by atoms with Crippen molar-refractivity contribution in [1.29, 1.82) is 0 Å². The first kappa shape index (κ1) is 13.8. The van der Waals surface area contributed by atoms with Gasteiger partial charge in [-0.25, -0.2) is 0 Å². The van der Waals surface area contributed by atoms with Crippen LogP contribution in [0.15, 0.2) is 40.2 Å². The minimum atomic E-state index is -0.431. The van der Waals surface area contributed by atoms with Crippen molar-refractivity contribution in [2.24, 2.45) is 5.73 Å². The van der Waals surface area contributed by atoms with Crippen molar-refractivity contribution in [2.75, 3.05) is 5.32 Å². The van der Waals surface area contributed by atoms with E-state index in [1.165, 1.54) is 11.3 Å². The summed E-state index contributed by atoms with van der Waals surface area (Å²) in [5.74, 6) is -0.641. The number of nitrogens with one attached hydrogen (secondary N) is 1. The summed E-state index contributed by atoms with van der Waals surface area (Å²) in [6, 6.07) is 8.93. The third-order valence-electron chi connectivity index (χ3n) is 2.45. The number of benzene rings is 1. The van der Waals surface area contributed by atoms with E-state index in [1.54, 1.807) is 24.3 Å². The van der Waals surface area contributed by atoms with Gasteiger partial charge in [0.05, 0.1) is 6.42 Å². The van der Waals surface area contributed by atoms with Gasteiger partial charge < -0.3 is 11.1 Å². The zero-order valence-corrected chi connectivity index (χ0v) is 12.3. The molecule has 3 N–H and O–H groups in total. The molecule has 0 unspecified atom stereocenters. The number of hydrogen-bond donors (Lipinski definition) is 2. The average molecular weight is 339 g/mol. The van der Waals surface area contributed by atoms with Crippen LogP contribution >= 0.6 is 27.3 Å². The Kier molecular flexibility index (Phi) is 4.34. The van der Waals surface area contributed by atoms with Crippen LogP contribution in [-0.2, 0) is 11.2 Å². The lowest BCUT2D eigenvalue weighted by molar-refractivity contribution is -0.117. The van der Waals surface area contributed by atoms with Gasteiger partial charge in [-0.2, -0.15) is 0 Å². The highest BCUT2D eigenvalue weighted by Crippen LogP contribution is 2.24. The predicted octanol–water partition coefficient (Wildman–Crippen LogP) is 2.79. The van der Waals surface area contributed by atoms with Crippen molar-refractivity contribution in [3.63, 3.8) is 0 Å². The van der Waals surface area contributed by atoms with Crippen molar-refractivity contribution in [1.82, 2.24) is 0 Å². The normalized spacial score (nSPS) is 10.2. The van der Waals surface area contributed by atoms with Crippen LogP contribution in [0.3, 0.4) is 0 Å². The number of nitrogens with two attached hydrogens (primary N) is 1. The lowest BCUT2D eigenvalue weighted by atomic mass is 10.1. The molecule has 4 nitrogen and oxygen atoms in total. The molecule has 98 valence electrons. The summed E-state index contributed by atoms with van der Waals surface area (Å²) in [6.07, 6.45) is 0.0993. The van der Waals surface area contributed by atoms with E-state index >= 15 is 0 Å². The van der Waals surface area contributed by atoms with E-state index in [0.717, 1.165) is 4.47 Å². The monoisotopic (exact) mass is 338 g/mol. The maximum Gasteiger partial charge on any atom is 0.266 e. The quantitative estimate of drug-likeness (QED) is 0.899. The van der Waals surface area contributed by atoms with Gasteiger partial charge >= 0.3 is 0 Å². The molecule has 2 aromatic rings. The molecule has 0 fully saturated rings. The highest BCUT2D eigenvalue weighted by atomic mass is 79.9. The van der Waals surface area contributed by atoms with Crippen LogP contribution in [-0.4, -0.2) is 11.8 Å². The average Bonchev–Trinajstić information content (AvgIpc) is 2.77. The minimum Gasteiger partial charge on any atom is -0.369 e. The van der Waals surface area contributed by atoms with Crippen molar-refractivity contribution in [2.45, 2.75) is 6.42 Å². The molecule has 0 aliphatic heterocycles. The van der Waals surface area contributed by atoms with Crippen LogP contribution in [0.2, 0.25) is 0 Å². The fourth-order valence-corrected chi connectivity index (χ4v) is 3.07. The Hall–Kier alpha value is -1.66. The van der Waals surface area contributed by atoms with Gasteiger partial charge in [-0.15, -0.1) is 11.3 Å². The lowest BCUT2D eigenvalue weighted by Crippen LogP contribution is -2.17. The largest absolute Gasteiger partial charge is 0.369 e. The summed E-state index contributed by atoms with van der Waals surface area (Å²) in [4.78, 5) is 23.7. The molecular weight excluding hydrogens is 328 g/mol. The van der Waals surface area contributed by atoms with Crippen molar-refractivity contribution >= 4 is 44.8 Å². The number of primary amides is 1. The van der Waals surface area contributed by atoms with E-state index in [1.807, 2.05) is 11.4 Å². The molecule has 0 saturated heterocycles. The molecule has 0 atom stereocenters. The van der Waals surface area contributed by atoms with Crippen molar-refractivity contribution in [3.8, 4) is 0 Å². The van der Waals surface area contributed by atoms with Crippen LogP contribution in [0.1, 0.15) is 15.2 Å². The maximum absolute atomic E-state index is 12.1. The number of anilines is 1. The van der Waals surface area contributed by atoms with Crippen LogP contribution in [0.5, 0.6) is 0 Å². The maximum atomic E-state index is 12.1. The van der Waals surface area contributed by atoms with Gasteiger partial charge in [-0.05, 0) is 39.0 Å². The van der Waals surface area contributed by atoms with E-state index in [-0.39, 0.29) is 12.3 Å². The van der Waals surface area contributed by atoms with Gasteiger partial charge in [0, 0.05) is 10.2 Å². The van der Waals surface area contributed by atoms with Gasteiger partial charge in [0.2, 0.25) is 5.91 Å². The molecule has 2 amide bonds. The third kappa shape index (κ3) is 3.42. The minimum absolute atomic E-state index is 0.0993. The fraction of sp³-hybridized carbons (Fsp3) is 0.0769. The zero-order chi connectivity index (χ0) is 13.8. The van der Waals surface area contributed by atoms with E-state index < -0.39 is 5.91 Å². The second-order valence-corrected chi connectivity index (χ2v) is 5.62. The number of thiophene rings is 1. The Morgan fingerprint density at radius 1 is 1.26 bits per heavy atom. The SMILES string of the molecule is NC(=O)Cc1ccccc1NC(=O)c1sccc1Br. The van der Waals surface area contributed by atoms with E-state index in [2.05, 4.69) is 21.2 Å². The second kappa shape index (κ2) is 5.99. The molecule has 0 radical (unpaired) electrons. The number of carbonyl (C=O) groups is 2. The standard InChI is InChI=1S/C13H11BrN2O2S/c14-9-5-6-19-12(9)13(18)16-10-4-2-1-3-8(10)7-11(15)17/h1-6H,7H2,(H2,15,17)(H,16,18). The number of halogens is 1. The highest BCUT2D eigenvalue weighted by molar-refractivity contribution is 9.10. The van der Waals surface area contributed by atoms with Gasteiger partial charge in [-0.1, -0.05) is 18.2 Å². The fourth-order valence-electron chi connectivity index (χ4n) is 1.62. The topological polar surface area (TPSA) is 72.2 Å². The summed E-state index contributed by atoms with van der Waals surface area (Å²) >= 11 is 4.66. The first-order valence-electron chi connectivity index (χ1n) is 5.48. The van der Waals surface area contributed by atoms with E-state index in [4.69, 9.17) is 5.73 Å². The summed E-state index contributed by atoms with van der Waals surface area (Å²) < 4.78 is 0.752. The van der Waals surface area contributed by atoms with Gasteiger partial charge in [0.15, 0.2) is 0 Å². The number of hydrogen-bond acceptors (Lipinski definition) is 3. The predicted molar refractivity (Wildman–Crippen MR) is 79.3 cm³/mol. The van der Waals surface area contributed by atoms with E-state index in [0.29, 0.717) is 16.1 Å². The van der Waals surface area contributed by atoms with Crippen LogP contribution in [0.25, 0.3) is 0 Å². The number of para-hydroxylation sites is 1. The first-order chi connectivity index (χ1) is 9.08. The molecule has 1 aromatic heterocycles. The smallest absolute Gasteiger partial charge is 0.266 e. The summed E-state index contributed by atoms with van der Waals surface area (Å²) in [7, 11) is 0. The number of rotatable bonds is 4. The van der Waals surface area contributed by atoms with Crippen molar-refractivity contribution in [3.05, 3.63) is 50.6 Å². The molecule has 1 heterocycles. The molecule has 0 spiro atoms. The third-order valence-corrected chi connectivity index (χ3v) is 4.29. The van der Waals surface area contributed by atoms with E-state index in [9.17, 15) is 9.59 Å². The van der Waals surface area contributed by atoms with Gasteiger partial charge in [-0.3, -0.25) is 9.59 Å². The molecule has 6 heteroatoms. The molecular formula is C13H11BrN2O2S. The number of amides is 2. The van der Waals surface area contributed by atoms with Gasteiger partial charge in [0.25, 0.3) is 5.91 Å². The Bertz CT molecular complexity index is 625. The molecule has 0 aliphatic rings. The molecule has 19 heavy (non-hydrogen) atoms. The van der Waals surface area contributed by atoms with Crippen molar-refractivity contribution < 1.29 is 9.59 Å². The molecule has 2 rings (SSSR count). The molecule has 0 aliphatic carbocycles. The Labute approximate surface area is 122 Å². The number of carbonyl (C=O) groups excluding carboxylic acids is 2.